The lowest BCUT2D eigenvalue weighted by atomic mass is 10.1. The lowest BCUT2D eigenvalue weighted by Gasteiger charge is -2.08. The van der Waals surface area contributed by atoms with Crippen molar-refractivity contribution < 1.29 is 9.59 Å². The molecule has 5 rings (SSSR count). The van der Waals surface area contributed by atoms with Gasteiger partial charge in [-0.3, -0.25) is 15.1 Å². The Balaban J connectivity index is 1.46. The molecule has 10 nitrogen and oxygen atoms in total. The number of urea groups is 1. The van der Waals surface area contributed by atoms with E-state index >= 15 is 0 Å². The van der Waals surface area contributed by atoms with E-state index in [4.69, 9.17) is 0 Å². The Morgan fingerprint density at radius 2 is 2.07 bits per heavy atom. The van der Waals surface area contributed by atoms with Crippen LogP contribution in [0, 0.1) is 0 Å². The summed E-state index contributed by atoms with van der Waals surface area (Å²) in [6.45, 7) is 1.62. The van der Waals surface area contributed by atoms with Crippen LogP contribution >= 0.6 is 0 Å². The molecule has 0 atom stereocenters. The summed E-state index contributed by atoms with van der Waals surface area (Å²) in [4.78, 5) is 27.4. The van der Waals surface area contributed by atoms with Crippen molar-refractivity contribution in [2.45, 2.75) is 13.3 Å². The van der Waals surface area contributed by atoms with Gasteiger partial charge >= 0.3 is 6.03 Å². The highest BCUT2D eigenvalue weighted by atomic mass is 16.2. The van der Waals surface area contributed by atoms with E-state index in [9.17, 15) is 9.59 Å². The van der Waals surface area contributed by atoms with Crippen molar-refractivity contribution >= 4 is 34.2 Å². The number of carbonyl (C=O) groups excluding carboxylic acids is 2. The second kappa shape index (κ2) is 6.99. The van der Waals surface area contributed by atoms with E-state index in [1.807, 2.05) is 24.3 Å². The molecular formula is C20H16N8O2. The van der Waals surface area contributed by atoms with Gasteiger partial charge < -0.3 is 0 Å². The molecule has 10 heteroatoms. The Morgan fingerprint density at radius 1 is 1.17 bits per heavy atom. The fourth-order valence-electron chi connectivity index (χ4n) is 3.30. The molecular weight excluding hydrogens is 384 g/mol. The van der Waals surface area contributed by atoms with E-state index in [1.54, 1.807) is 29.8 Å². The fourth-order valence-corrected chi connectivity index (χ4v) is 3.30. The van der Waals surface area contributed by atoms with Crippen LogP contribution in [0.3, 0.4) is 0 Å². The predicted octanol–water partition coefficient (Wildman–Crippen LogP) is 1.54. The highest BCUT2D eigenvalue weighted by Crippen LogP contribution is 2.16. The maximum Gasteiger partial charge on any atom is 0.345 e. The molecule has 1 aliphatic heterocycles. The van der Waals surface area contributed by atoms with Crippen molar-refractivity contribution in [1.29, 1.82) is 0 Å². The molecule has 4 aromatic rings. The second-order valence-electron chi connectivity index (χ2n) is 6.91. The zero-order valence-corrected chi connectivity index (χ0v) is 16.0. The fraction of sp³-hybridized carbons (Fsp3) is 0.150. The first-order valence-corrected chi connectivity index (χ1v) is 9.29. The third kappa shape index (κ3) is 3.24. The van der Waals surface area contributed by atoms with Crippen LogP contribution in [0.15, 0.2) is 53.8 Å². The van der Waals surface area contributed by atoms with Crippen LogP contribution in [0.4, 0.5) is 4.79 Å². The average Bonchev–Trinajstić information content (AvgIpc) is 3.29. The summed E-state index contributed by atoms with van der Waals surface area (Å²) in [7, 11) is 0. The van der Waals surface area contributed by atoms with Gasteiger partial charge in [-0.25, -0.2) is 9.80 Å². The second-order valence-corrected chi connectivity index (χ2v) is 6.91. The van der Waals surface area contributed by atoms with E-state index in [0.717, 1.165) is 21.5 Å². The number of nitrogens with zero attached hydrogens (tertiary/aromatic N) is 7. The average molecular weight is 400 g/mol. The van der Waals surface area contributed by atoms with Gasteiger partial charge in [-0.2, -0.15) is 14.7 Å². The maximum absolute atomic E-state index is 11.7. The van der Waals surface area contributed by atoms with E-state index in [0.29, 0.717) is 29.3 Å². The van der Waals surface area contributed by atoms with Crippen LogP contribution in [0.2, 0.25) is 0 Å². The van der Waals surface area contributed by atoms with Gasteiger partial charge in [0, 0.05) is 18.0 Å². The third-order valence-electron chi connectivity index (χ3n) is 4.77. The van der Waals surface area contributed by atoms with Crippen molar-refractivity contribution in [2.75, 3.05) is 6.54 Å². The molecule has 0 unspecified atom stereocenters. The zero-order valence-electron chi connectivity index (χ0n) is 16.0. The van der Waals surface area contributed by atoms with Crippen LogP contribution in [0.25, 0.3) is 16.6 Å². The molecule has 0 radical (unpaired) electrons. The molecule has 1 aliphatic rings. The topological polar surface area (TPSA) is 118 Å². The standard InChI is InChI=1S/C20H16N8O2/c1-12(25-27-11-19(29)22-20(27)30)15-6-7-17-23-24-18(28(17)26-15)10-13-4-5-16-14(9-13)3-2-8-21-16/h2-9H,10-11H2,1H3,(H,22,29,30)/b25-12+. The highest BCUT2D eigenvalue weighted by Gasteiger charge is 2.26. The van der Waals surface area contributed by atoms with E-state index < -0.39 is 6.03 Å². The number of carbonyl (C=O) groups is 2. The molecule has 1 aromatic carbocycles. The number of nitrogens with one attached hydrogen (secondary N) is 1. The van der Waals surface area contributed by atoms with Crippen molar-refractivity contribution in [3.05, 3.63) is 65.7 Å². The van der Waals surface area contributed by atoms with Gasteiger partial charge in [-0.15, -0.1) is 10.2 Å². The minimum Gasteiger partial charge on any atom is -0.275 e. The van der Waals surface area contributed by atoms with Crippen molar-refractivity contribution in [2.24, 2.45) is 5.10 Å². The normalized spacial score (nSPS) is 14.7. The summed E-state index contributed by atoms with van der Waals surface area (Å²) < 4.78 is 1.66. The molecule has 0 aliphatic carbocycles. The van der Waals surface area contributed by atoms with Crippen LogP contribution in [0.5, 0.6) is 0 Å². The number of benzene rings is 1. The van der Waals surface area contributed by atoms with Gasteiger partial charge in [0.05, 0.1) is 11.2 Å². The minimum absolute atomic E-state index is 0.104. The summed E-state index contributed by atoms with van der Waals surface area (Å²) >= 11 is 0. The number of rotatable bonds is 4. The number of amides is 3. The molecule has 0 bridgehead atoms. The smallest absolute Gasteiger partial charge is 0.275 e. The Bertz CT molecular complexity index is 1340. The maximum atomic E-state index is 11.7. The lowest BCUT2D eigenvalue weighted by molar-refractivity contribution is -0.118. The highest BCUT2D eigenvalue weighted by molar-refractivity contribution is 6.03. The van der Waals surface area contributed by atoms with E-state index in [1.165, 1.54) is 0 Å². The summed E-state index contributed by atoms with van der Waals surface area (Å²) in [5, 5.41) is 21.6. The van der Waals surface area contributed by atoms with E-state index in [2.05, 4.69) is 36.8 Å². The van der Waals surface area contributed by atoms with Crippen LogP contribution in [0.1, 0.15) is 24.0 Å². The van der Waals surface area contributed by atoms with Gasteiger partial charge in [0.2, 0.25) is 5.91 Å². The molecule has 30 heavy (non-hydrogen) atoms. The Morgan fingerprint density at radius 3 is 2.90 bits per heavy atom. The van der Waals surface area contributed by atoms with Gasteiger partial charge in [-0.1, -0.05) is 12.1 Å². The summed E-state index contributed by atoms with van der Waals surface area (Å²) in [6.07, 6.45) is 2.31. The van der Waals surface area contributed by atoms with Gasteiger partial charge in [0.15, 0.2) is 11.5 Å². The number of hydrogen-bond acceptors (Lipinski definition) is 7. The van der Waals surface area contributed by atoms with Crippen molar-refractivity contribution in [3.63, 3.8) is 0 Å². The largest absolute Gasteiger partial charge is 0.345 e. The number of fused-ring (bicyclic) bond motifs is 2. The Kier molecular flexibility index (Phi) is 4.16. The zero-order chi connectivity index (χ0) is 20.7. The summed E-state index contributed by atoms with van der Waals surface area (Å²) in [5.74, 6) is 0.295. The molecule has 0 saturated carbocycles. The molecule has 148 valence electrons. The van der Waals surface area contributed by atoms with Crippen molar-refractivity contribution in [1.82, 2.24) is 35.1 Å². The number of hydrazone groups is 1. The lowest BCUT2D eigenvalue weighted by Crippen LogP contribution is -2.25. The Hall–Kier alpha value is -4.21. The monoisotopic (exact) mass is 400 g/mol. The van der Waals surface area contributed by atoms with Crippen LogP contribution in [-0.4, -0.2) is 54.0 Å². The first kappa shape index (κ1) is 17.9. The molecule has 3 amide bonds. The minimum atomic E-state index is -0.545. The molecule has 1 N–H and O–H groups in total. The van der Waals surface area contributed by atoms with E-state index in [-0.39, 0.29) is 12.5 Å². The third-order valence-corrected chi connectivity index (χ3v) is 4.77. The number of aromatic nitrogens is 5. The summed E-state index contributed by atoms with van der Waals surface area (Å²) in [6, 6.07) is 13.0. The number of hydrogen-bond donors (Lipinski definition) is 1. The number of imide groups is 1. The molecule has 4 heterocycles. The van der Waals surface area contributed by atoms with Crippen LogP contribution in [-0.2, 0) is 11.2 Å². The molecule has 1 fully saturated rings. The van der Waals surface area contributed by atoms with Gasteiger partial charge in [0.25, 0.3) is 0 Å². The molecule has 3 aromatic heterocycles. The SMILES string of the molecule is C/C(=N\N1CC(=O)NC1=O)c1ccc2nnc(Cc3ccc4ncccc4c3)n2n1. The quantitative estimate of drug-likeness (QED) is 0.410. The number of pyridine rings is 1. The Labute approximate surface area is 170 Å². The molecule has 0 spiro atoms. The predicted molar refractivity (Wildman–Crippen MR) is 108 cm³/mol. The molecule has 1 saturated heterocycles. The van der Waals surface area contributed by atoms with Crippen LogP contribution < -0.4 is 5.32 Å². The first-order valence-electron chi connectivity index (χ1n) is 9.29. The summed E-state index contributed by atoms with van der Waals surface area (Å²) in [5.41, 5.74) is 3.66. The van der Waals surface area contributed by atoms with Crippen molar-refractivity contribution in [3.8, 4) is 0 Å². The first-order chi connectivity index (χ1) is 14.6. The van der Waals surface area contributed by atoms with Gasteiger partial charge in [0.1, 0.15) is 12.2 Å². The van der Waals surface area contributed by atoms with Gasteiger partial charge in [-0.05, 0) is 42.8 Å².